The molecule has 3 N–H and O–H groups in total. The number of amides is 2. The number of carboxylic acid groups (broad SMARTS) is 1. The van der Waals surface area contributed by atoms with Gasteiger partial charge >= 0.3 is 5.97 Å². The molecule has 1 aromatic rings. The third-order valence-electron chi connectivity index (χ3n) is 4.98. The largest absolute Gasteiger partial charge is 0.481 e. The zero-order chi connectivity index (χ0) is 16.6. The molecule has 0 spiro atoms. The van der Waals surface area contributed by atoms with Crippen LogP contribution in [0.3, 0.4) is 0 Å². The summed E-state index contributed by atoms with van der Waals surface area (Å²) in [4.78, 5) is 35.0. The number of hydrogen-bond acceptors (Lipinski definition) is 3. The van der Waals surface area contributed by atoms with Crippen molar-refractivity contribution in [3.05, 3.63) is 24.3 Å². The highest BCUT2D eigenvalue weighted by Gasteiger charge is 2.53. The number of hydrogen-bond donors (Lipinski definition) is 3. The van der Waals surface area contributed by atoms with E-state index in [-0.39, 0.29) is 23.7 Å². The number of nitrogens with one attached hydrogen (secondary N) is 2. The van der Waals surface area contributed by atoms with E-state index >= 15 is 0 Å². The van der Waals surface area contributed by atoms with Gasteiger partial charge in [-0.15, -0.1) is 0 Å². The number of carbonyl (C=O) groups excluding carboxylic acids is 2. The Morgan fingerprint density at radius 3 is 2.00 bits per heavy atom. The van der Waals surface area contributed by atoms with E-state index in [1.165, 1.54) is 6.92 Å². The van der Waals surface area contributed by atoms with Crippen LogP contribution in [0.5, 0.6) is 0 Å². The number of carboxylic acids is 1. The first-order valence-electron chi connectivity index (χ1n) is 7.87. The Labute approximate surface area is 134 Å². The van der Waals surface area contributed by atoms with Crippen molar-refractivity contribution in [1.82, 2.24) is 0 Å². The van der Waals surface area contributed by atoms with Crippen molar-refractivity contribution >= 4 is 29.2 Å². The zero-order valence-electron chi connectivity index (χ0n) is 12.9. The van der Waals surface area contributed by atoms with Crippen LogP contribution >= 0.6 is 0 Å². The quantitative estimate of drug-likeness (QED) is 0.794. The molecule has 6 heteroatoms. The number of carbonyl (C=O) groups is 3. The second kappa shape index (κ2) is 6.02. The third kappa shape index (κ3) is 3.06. The van der Waals surface area contributed by atoms with Crippen molar-refractivity contribution in [2.45, 2.75) is 26.2 Å². The van der Waals surface area contributed by atoms with E-state index in [9.17, 15) is 19.5 Å². The number of fused-ring (bicyclic) bond motifs is 2. The molecule has 0 aromatic heterocycles. The maximum absolute atomic E-state index is 12.5. The molecule has 2 saturated carbocycles. The van der Waals surface area contributed by atoms with Gasteiger partial charge in [-0.05, 0) is 55.4 Å². The minimum Gasteiger partial charge on any atom is -0.481 e. The lowest BCUT2D eigenvalue weighted by Gasteiger charge is -2.27. The molecular formula is C17H20N2O4. The van der Waals surface area contributed by atoms with Gasteiger partial charge in [-0.1, -0.05) is 0 Å². The molecule has 2 amide bonds. The van der Waals surface area contributed by atoms with E-state index in [1.807, 2.05) is 0 Å². The summed E-state index contributed by atoms with van der Waals surface area (Å²) in [5.41, 5.74) is 1.26. The smallest absolute Gasteiger partial charge is 0.307 e. The van der Waals surface area contributed by atoms with Crippen LogP contribution in [-0.2, 0) is 14.4 Å². The van der Waals surface area contributed by atoms with Gasteiger partial charge in [-0.2, -0.15) is 0 Å². The molecule has 0 aliphatic heterocycles. The second-order valence-electron chi connectivity index (χ2n) is 6.47. The summed E-state index contributed by atoms with van der Waals surface area (Å²) in [5.74, 6) is -1.92. The molecule has 0 radical (unpaired) electrons. The Morgan fingerprint density at radius 2 is 1.48 bits per heavy atom. The standard InChI is InChI=1S/C17H20N2O4/c1-9(20)18-12-4-6-13(7-5-12)19-16(21)14-10-2-3-11(8-10)15(14)17(22)23/h4-7,10-11,14-15H,2-3,8H2,1H3,(H,18,20)(H,19,21)(H,22,23)/t10-,11+,14+,15-/m0/s1. The Kier molecular flexibility index (Phi) is 4.07. The highest BCUT2D eigenvalue weighted by molar-refractivity contribution is 5.96. The van der Waals surface area contributed by atoms with E-state index < -0.39 is 17.8 Å². The van der Waals surface area contributed by atoms with Gasteiger partial charge in [0.15, 0.2) is 0 Å². The van der Waals surface area contributed by atoms with Crippen molar-refractivity contribution in [3.63, 3.8) is 0 Å². The lowest BCUT2D eigenvalue weighted by Crippen LogP contribution is -2.37. The first kappa shape index (κ1) is 15.5. The van der Waals surface area contributed by atoms with E-state index in [0.717, 1.165) is 19.3 Å². The number of benzene rings is 1. The summed E-state index contributed by atoms with van der Waals surface area (Å²) in [5, 5.41) is 14.9. The number of anilines is 2. The van der Waals surface area contributed by atoms with Gasteiger partial charge in [-0.3, -0.25) is 14.4 Å². The molecule has 2 aliphatic carbocycles. The van der Waals surface area contributed by atoms with Crippen LogP contribution in [-0.4, -0.2) is 22.9 Å². The van der Waals surface area contributed by atoms with E-state index in [1.54, 1.807) is 24.3 Å². The van der Waals surface area contributed by atoms with Gasteiger partial charge in [0.1, 0.15) is 0 Å². The minimum atomic E-state index is -0.863. The number of rotatable bonds is 4. The van der Waals surface area contributed by atoms with Gasteiger partial charge in [0, 0.05) is 18.3 Å². The van der Waals surface area contributed by atoms with Gasteiger partial charge in [0.25, 0.3) is 0 Å². The lowest BCUT2D eigenvalue weighted by atomic mass is 9.78. The molecule has 23 heavy (non-hydrogen) atoms. The summed E-state index contributed by atoms with van der Waals surface area (Å²) < 4.78 is 0. The van der Waals surface area contributed by atoms with Crippen molar-refractivity contribution in [1.29, 1.82) is 0 Å². The Balaban J connectivity index is 1.69. The molecule has 3 rings (SSSR count). The average molecular weight is 316 g/mol. The predicted octanol–water partition coefficient (Wildman–Crippen LogP) is 2.33. The lowest BCUT2D eigenvalue weighted by molar-refractivity contribution is -0.148. The van der Waals surface area contributed by atoms with Gasteiger partial charge < -0.3 is 15.7 Å². The minimum absolute atomic E-state index is 0.135. The van der Waals surface area contributed by atoms with Crippen LogP contribution in [0.4, 0.5) is 11.4 Å². The van der Waals surface area contributed by atoms with Gasteiger partial charge in [-0.25, -0.2) is 0 Å². The highest BCUT2D eigenvalue weighted by atomic mass is 16.4. The first-order valence-corrected chi connectivity index (χ1v) is 7.87. The van der Waals surface area contributed by atoms with Crippen molar-refractivity contribution < 1.29 is 19.5 Å². The van der Waals surface area contributed by atoms with E-state index in [2.05, 4.69) is 10.6 Å². The third-order valence-corrected chi connectivity index (χ3v) is 4.98. The van der Waals surface area contributed by atoms with Crippen LogP contribution < -0.4 is 10.6 Å². The average Bonchev–Trinajstić information content (AvgIpc) is 3.09. The molecule has 6 nitrogen and oxygen atoms in total. The molecule has 2 bridgehead atoms. The summed E-state index contributed by atoms with van der Waals surface area (Å²) in [6, 6.07) is 6.80. The van der Waals surface area contributed by atoms with E-state index in [0.29, 0.717) is 11.4 Å². The predicted molar refractivity (Wildman–Crippen MR) is 84.8 cm³/mol. The second-order valence-corrected chi connectivity index (χ2v) is 6.47. The monoisotopic (exact) mass is 316 g/mol. The Morgan fingerprint density at radius 1 is 0.957 bits per heavy atom. The fraction of sp³-hybridized carbons (Fsp3) is 0.471. The number of aliphatic carboxylic acids is 1. The van der Waals surface area contributed by atoms with Gasteiger partial charge in [0.2, 0.25) is 11.8 Å². The molecule has 0 heterocycles. The molecule has 122 valence electrons. The SMILES string of the molecule is CC(=O)Nc1ccc(NC(=O)[C@@H]2[C@H]3CC[C@H](C3)[C@@H]2C(=O)O)cc1. The summed E-state index contributed by atoms with van der Waals surface area (Å²) in [7, 11) is 0. The van der Waals surface area contributed by atoms with Crippen LogP contribution in [0.2, 0.25) is 0 Å². The van der Waals surface area contributed by atoms with Crippen molar-refractivity contribution in [2.75, 3.05) is 10.6 Å². The van der Waals surface area contributed by atoms with Crippen molar-refractivity contribution in [3.8, 4) is 0 Å². The highest BCUT2D eigenvalue weighted by Crippen LogP contribution is 2.52. The van der Waals surface area contributed by atoms with Crippen LogP contribution in [0, 0.1) is 23.7 Å². The van der Waals surface area contributed by atoms with Crippen LogP contribution in [0.15, 0.2) is 24.3 Å². The first-order chi connectivity index (χ1) is 11.0. The Bertz CT molecular complexity index is 640. The normalized spacial score (nSPS) is 28.4. The maximum atomic E-state index is 12.5. The molecular weight excluding hydrogens is 296 g/mol. The molecule has 2 aliphatic rings. The Hall–Kier alpha value is -2.37. The topological polar surface area (TPSA) is 95.5 Å². The zero-order valence-corrected chi connectivity index (χ0v) is 12.9. The van der Waals surface area contributed by atoms with Gasteiger partial charge in [0.05, 0.1) is 11.8 Å². The molecule has 0 saturated heterocycles. The fourth-order valence-corrected chi connectivity index (χ4v) is 4.09. The molecule has 0 unspecified atom stereocenters. The van der Waals surface area contributed by atoms with Crippen molar-refractivity contribution in [2.24, 2.45) is 23.7 Å². The molecule has 2 fully saturated rings. The van der Waals surface area contributed by atoms with Crippen LogP contribution in [0.25, 0.3) is 0 Å². The maximum Gasteiger partial charge on any atom is 0.307 e. The molecule has 1 aromatic carbocycles. The summed E-state index contributed by atoms with van der Waals surface area (Å²) in [6.45, 7) is 1.43. The summed E-state index contributed by atoms with van der Waals surface area (Å²) in [6.07, 6.45) is 2.70. The molecule has 4 atom stereocenters. The van der Waals surface area contributed by atoms with E-state index in [4.69, 9.17) is 0 Å². The summed E-state index contributed by atoms with van der Waals surface area (Å²) >= 11 is 0. The van der Waals surface area contributed by atoms with Crippen LogP contribution in [0.1, 0.15) is 26.2 Å². The fourth-order valence-electron chi connectivity index (χ4n) is 4.09.